The fraction of sp³-hybridized carbons (Fsp3) is 0.133. The van der Waals surface area contributed by atoms with Crippen molar-refractivity contribution in [2.75, 3.05) is 5.32 Å². The first-order valence-corrected chi connectivity index (χ1v) is 6.79. The average Bonchev–Trinajstić information content (AvgIpc) is 2.44. The van der Waals surface area contributed by atoms with Crippen molar-refractivity contribution in [3.8, 4) is 6.07 Å². The minimum Gasteiger partial charge on any atom is -0.381 e. The van der Waals surface area contributed by atoms with E-state index in [2.05, 4.69) is 21.2 Å². The van der Waals surface area contributed by atoms with Crippen LogP contribution in [0.3, 0.4) is 0 Å². The highest BCUT2D eigenvalue weighted by Crippen LogP contribution is 2.33. The molecular weight excluding hydrogens is 345 g/mol. The predicted molar refractivity (Wildman–Crippen MR) is 77.6 cm³/mol. The summed E-state index contributed by atoms with van der Waals surface area (Å²) >= 11 is 3.33. The maximum Gasteiger partial charge on any atom is 0.417 e. The molecule has 0 aliphatic heterocycles. The van der Waals surface area contributed by atoms with Gasteiger partial charge in [-0.3, -0.25) is 0 Å². The van der Waals surface area contributed by atoms with Crippen LogP contribution in [0.4, 0.5) is 18.9 Å². The number of hydrogen-bond acceptors (Lipinski definition) is 2. The predicted octanol–water partition coefficient (Wildman–Crippen LogP) is 4.95. The first-order chi connectivity index (χ1) is 9.90. The van der Waals surface area contributed by atoms with Crippen LogP contribution in [0, 0.1) is 11.3 Å². The molecule has 21 heavy (non-hydrogen) atoms. The van der Waals surface area contributed by atoms with Crippen LogP contribution in [0.2, 0.25) is 0 Å². The first-order valence-electron chi connectivity index (χ1n) is 6.00. The van der Waals surface area contributed by atoms with E-state index in [1.54, 1.807) is 6.07 Å². The SMILES string of the molecule is N#Cc1ccc(NCc2cccc(Br)c2)cc1C(F)(F)F. The number of halogens is 4. The van der Waals surface area contributed by atoms with E-state index in [0.29, 0.717) is 12.2 Å². The van der Waals surface area contributed by atoms with Gasteiger partial charge in [0.05, 0.1) is 17.2 Å². The smallest absolute Gasteiger partial charge is 0.381 e. The molecule has 0 aromatic heterocycles. The number of nitrogens with zero attached hydrogens (tertiary/aromatic N) is 1. The van der Waals surface area contributed by atoms with Crippen LogP contribution in [-0.4, -0.2) is 0 Å². The highest BCUT2D eigenvalue weighted by atomic mass is 79.9. The minimum atomic E-state index is -4.54. The molecule has 108 valence electrons. The lowest BCUT2D eigenvalue weighted by molar-refractivity contribution is -0.137. The summed E-state index contributed by atoms with van der Waals surface area (Å²) in [7, 11) is 0. The first kappa shape index (κ1) is 15.4. The lowest BCUT2D eigenvalue weighted by Gasteiger charge is -2.12. The van der Waals surface area contributed by atoms with E-state index in [-0.39, 0.29) is 5.56 Å². The van der Waals surface area contributed by atoms with Gasteiger partial charge in [0.1, 0.15) is 0 Å². The van der Waals surface area contributed by atoms with Gasteiger partial charge in [-0.15, -0.1) is 0 Å². The zero-order valence-corrected chi connectivity index (χ0v) is 12.3. The van der Waals surface area contributed by atoms with Crippen LogP contribution in [0.1, 0.15) is 16.7 Å². The van der Waals surface area contributed by atoms with Gasteiger partial charge >= 0.3 is 6.18 Å². The summed E-state index contributed by atoms with van der Waals surface area (Å²) in [4.78, 5) is 0. The van der Waals surface area contributed by atoms with Crippen molar-refractivity contribution in [1.82, 2.24) is 0 Å². The van der Waals surface area contributed by atoms with Gasteiger partial charge in [-0.25, -0.2) is 0 Å². The third kappa shape index (κ3) is 3.99. The molecule has 2 aromatic rings. The van der Waals surface area contributed by atoms with Crippen LogP contribution < -0.4 is 5.32 Å². The zero-order chi connectivity index (χ0) is 15.5. The van der Waals surface area contributed by atoms with Gasteiger partial charge in [-0.2, -0.15) is 18.4 Å². The van der Waals surface area contributed by atoms with E-state index in [9.17, 15) is 13.2 Å². The summed E-state index contributed by atoms with van der Waals surface area (Å²) in [5, 5.41) is 11.7. The number of rotatable bonds is 3. The van der Waals surface area contributed by atoms with Crippen LogP contribution in [-0.2, 0) is 12.7 Å². The summed E-state index contributed by atoms with van der Waals surface area (Å²) in [5.74, 6) is 0. The monoisotopic (exact) mass is 354 g/mol. The Morgan fingerprint density at radius 3 is 2.52 bits per heavy atom. The highest BCUT2D eigenvalue weighted by Gasteiger charge is 2.33. The van der Waals surface area contributed by atoms with Gasteiger partial charge in [0, 0.05) is 16.7 Å². The van der Waals surface area contributed by atoms with Crippen molar-refractivity contribution >= 4 is 21.6 Å². The zero-order valence-electron chi connectivity index (χ0n) is 10.7. The van der Waals surface area contributed by atoms with Crippen molar-refractivity contribution in [1.29, 1.82) is 5.26 Å². The molecule has 0 saturated carbocycles. The molecule has 0 amide bonds. The minimum absolute atomic E-state index is 0.321. The molecule has 0 heterocycles. The molecule has 2 nitrogen and oxygen atoms in total. The molecule has 0 fully saturated rings. The lowest BCUT2D eigenvalue weighted by Crippen LogP contribution is -2.09. The van der Waals surface area contributed by atoms with Crippen molar-refractivity contribution in [3.63, 3.8) is 0 Å². The Hall–Kier alpha value is -2.00. The van der Waals surface area contributed by atoms with Crippen LogP contribution in [0.5, 0.6) is 0 Å². The Balaban J connectivity index is 2.20. The van der Waals surface area contributed by atoms with Gasteiger partial charge in [0.25, 0.3) is 0 Å². The second-order valence-electron chi connectivity index (χ2n) is 4.35. The van der Waals surface area contributed by atoms with E-state index in [1.165, 1.54) is 12.1 Å². The standard InChI is InChI=1S/C15H10BrF3N2/c16-12-3-1-2-10(6-12)9-21-13-5-4-11(8-20)14(7-13)15(17,18)19/h1-7,21H,9H2. The summed E-state index contributed by atoms with van der Waals surface area (Å²) < 4.78 is 39.4. The molecule has 0 saturated heterocycles. The summed E-state index contributed by atoms with van der Waals surface area (Å²) in [6.45, 7) is 0.392. The molecule has 0 radical (unpaired) electrons. The molecule has 0 unspecified atom stereocenters. The normalized spacial score (nSPS) is 11.0. The summed E-state index contributed by atoms with van der Waals surface area (Å²) in [5.41, 5.74) is -0.0525. The molecule has 0 spiro atoms. The van der Waals surface area contributed by atoms with E-state index in [1.807, 2.05) is 24.3 Å². The van der Waals surface area contributed by atoms with Crippen LogP contribution in [0.15, 0.2) is 46.9 Å². The van der Waals surface area contributed by atoms with Gasteiger partial charge in [0.15, 0.2) is 0 Å². The molecule has 2 rings (SSSR count). The molecule has 0 atom stereocenters. The van der Waals surface area contributed by atoms with Gasteiger partial charge in [-0.1, -0.05) is 28.1 Å². The number of alkyl halides is 3. The number of benzene rings is 2. The largest absolute Gasteiger partial charge is 0.417 e. The van der Waals surface area contributed by atoms with Gasteiger partial charge < -0.3 is 5.32 Å². The van der Waals surface area contributed by atoms with Crippen molar-refractivity contribution in [2.24, 2.45) is 0 Å². The number of nitrogens with one attached hydrogen (secondary N) is 1. The quantitative estimate of drug-likeness (QED) is 0.846. The number of anilines is 1. The number of hydrogen-bond donors (Lipinski definition) is 1. The van der Waals surface area contributed by atoms with E-state index in [4.69, 9.17) is 5.26 Å². The third-order valence-electron chi connectivity index (χ3n) is 2.83. The van der Waals surface area contributed by atoms with Gasteiger partial charge in [-0.05, 0) is 35.9 Å². The Bertz CT molecular complexity index is 690. The second-order valence-corrected chi connectivity index (χ2v) is 5.27. The maximum absolute atomic E-state index is 12.8. The number of nitriles is 1. The molecular formula is C15H10BrF3N2. The van der Waals surface area contributed by atoms with Gasteiger partial charge in [0.2, 0.25) is 0 Å². The van der Waals surface area contributed by atoms with Crippen molar-refractivity contribution in [2.45, 2.75) is 12.7 Å². The van der Waals surface area contributed by atoms with E-state index < -0.39 is 11.7 Å². The Morgan fingerprint density at radius 1 is 1.14 bits per heavy atom. The van der Waals surface area contributed by atoms with Crippen molar-refractivity contribution < 1.29 is 13.2 Å². The Morgan fingerprint density at radius 2 is 1.90 bits per heavy atom. The Labute approximate surface area is 128 Å². The topological polar surface area (TPSA) is 35.8 Å². The molecule has 0 aliphatic carbocycles. The summed E-state index contributed by atoms with van der Waals surface area (Å²) in [6, 6.07) is 12.6. The van der Waals surface area contributed by atoms with Crippen LogP contribution >= 0.6 is 15.9 Å². The molecule has 0 bridgehead atoms. The molecule has 6 heteroatoms. The van der Waals surface area contributed by atoms with E-state index in [0.717, 1.165) is 16.1 Å². The van der Waals surface area contributed by atoms with E-state index >= 15 is 0 Å². The average molecular weight is 355 g/mol. The fourth-order valence-corrected chi connectivity index (χ4v) is 2.28. The van der Waals surface area contributed by atoms with Crippen molar-refractivity contribution in [3.05, 3.63) is 63.6 Å². The fourth-order valence-electron chi connectivity index (χ4n) is 1.84. The highest BCUT2D eigenvalue weighted by molar-refractivity contribution is 9.10. The van der Waals surface area contributed by atoms with Crippen LogP contribution in [0.25, 0.3) is 0 Å². The lowest BCUT2D eigenvalue weighted by atomic mass is 10.1. The molecule has 2 aromatic carbocycles. The summed E-state index contributed by atoms with van der Waals surface area (Å²) in [6.07, 6.45) is -4.54. The second kappa shape index (κ2) is 6.19. The maximum atomic E-state index is 12.8. The molecule has 0 aliphatic rings. The Kier molecular flexibility index (Phi) is 4.53. The third-order valence-corrected chi connectivity index (χ3v) is 3.32. The molecule has 1 N–H and O–H groups in total.